The van der Waals surface area contributed by atoms with Crippen molar-refractivity contribution >= 4 is 19.8 Å². The third-order valence-electron chi connectivity index (χ3n) is 18.6. The van der Waals surface area contributed by atoms with E-state index in [4.69, 9.17) is 18.5 Å². The lowest BCUT2D eigenvalue weighted by atomic mass is 10.0. The number of carbonyl (C=O) groups is 2. The Balaban J connectivity index is 3.88. The van der Waals surface area contributed by atoms with Crippen molar-refractivity contribution in [1.29, 1.82) is 0 Å². The zero-order chi connectivity index (χ0) is 67.6. The molecule has 2 atom stereocenters. The van der Waals surface area contributed by atoms with E-state index in [0.717, 1.165) is 57.8 Å². The Labute approximate surface area is 579 Å². The molecule has 0 heterocycles. The van der Waals surface area contributed by atoms with Gasteiger partial charge in [0.25, 0.3) is 7.82 Å². The van der Waals surface area contributed by atoms with Crippen molar-refractivity contribution in [2.24, 2.45) is 0 Å². The summed E-state index contributed by atoms with van der Waals surface area (Å²) in [7, 11) is 1.19. The number of phosphoric acid groups is 1. The van der Waals surface area contributed by atoms with E-state index in [1.54, 1.807) is 0 Å². The second kappa shape index (κ2) is 74.2. The van der Waals surface area contributed by atoms with Crippen LogP contribution >= 0.6 is 7.82 Å². The van der Waals surface area contributed by atoms with Crippen molar-refractivity contribution < 1.29 is 42.1 Å². The minimum Gasteiger partial charge on any atom is -0.756 e. The van der Waals surface area contributed by atoms with Gasteiger partial charge in [0.05, 0.1) is 27.7 Å². The topological polar surface area (TPSA) is 111 Å². The van der Waals surface area contributed by atoms with E-state index in [1.165, 1.54) is 327 Å². The minimum atomic E-state index is -4.64. The third-order valence-corrected chi connectivity index (χ3v) is 19.6. The van der Waals surface area contributed by atoms with Crippen LogP contribution in [0.2, 0.25) is 0 Å². The van der Waals surface area contributed by atoms with Crippen LogP contribution in [0.1, 0.15) is 418 Å². The molecule has 0 aliphatic carbocycles. The van der Waals surface area contributed by atoms with E-state index in [9.17, 15) is 19.0 Å². The van der Waals surface area contributed by atoms with Gasteiger partial charge in [0.1, 0.15) is 19.8 Å². The number of quaternary nitrogens is 1. The van der Waals surface area contributed by atoms with Gasteiger partial charge >= 0.3 is 11.9 Å². The molecule has 0 aromatic carbocycles. The van der Waals surface area contributed by atoms with Crippen LogP contribution in [-0.2, 0) is 32.7 Å². The number of nitrogens with zero attached hydrogens (tertiary/aromatic N) is 1. The number of carbonyl (C=O) groups excluding carboxylic acids is 2. The van der Waals surface area contributed by atoms with Crippen molar-refractivity contribution in [2.75, 3.05) is 47.5 Å². The summed E-state index contributed by atoms with van der Waals surface area (Å²) in [5.41, 5.74) is 0. The normalized spacial score (nSPS) is 13.2. The third kappa shape index (κ3) is 78.8. The number of unbranched alkanes of at least 4 members (excludes halogenated alkanes) is 55. The fraction of sp³-hybridized carbons (Fsp3) is 0.880. The number of hydrogen-bond donors (Lipinski definition) is 0. The molecule has 0 aliphatic heterocycles. The van der Waals surface area contributed by atoms with Gasteiger partial charge in [-0.2, -0.15) is 0 Å². The molecule has 0 aliphatic rings. The molecular weight excluding hydrogens is 1170 g/mol. The Bertz CT molecular complexity index is 1710. The Kier molecular flexibility index (Phi) is 72.6. The average molecular weight is 1330 g/mol. The molecule has 0 aromatic rings. The maximum Gasteiger partial charge on any atom is 0.306 e. The second-order valence-electron chi connectivity index (χ2n) is 29.1. The van der Waals surface area contributed by atoms with Gasteiger partial charge in [-0.25, -0.2) is 0 Å². The van der Waals surface area contributed by atoms with Gasteiger partial charge < -0.3 is 27.9 Å². The van der Waals surface area contributed by atoms with Crippen LogP contribution in [-0.4, -0.2) is 70.0 Å². The fourth-order valence-electron chi connectivity index (χ4n) is 12.4. The van der Waals surface area contributed by atoms with E-state index in [2.05, 4.69) is 62.5 Å². The number of allylic oxidation sites excluding steroid dienone is 8. The van der Waals surface area contributed by atoms with Gasteiger partial charge in [0, 0.05) is 12.8 Å². The lowest BCUT2D eigenvalue weighted by molar-refractivity contribution is -0.870. The van der Waals surface area contributed by atoms with Crippen molar-refractivity contribution in [3.05, 3.63) is 48.6 Å². The Morgan fingerprint density at radius 1 is 0.344 bits per heavy atom. The van der Waals surface area contributed by atoms with Crippen LogP contribution in [0, 0.1) is 0 Å². The number of ether oxygens (including phenoxy) is 2. The summed E-state index contributed by atoms with van der Waals surface area (Å²) >= 11 is 0. The molecule has 0 aromatic heterocycles. The highest BCUT2D eigenvalue weighted by Crippen LogP contribution is 2.38. The van der Waals surface area contributed by atoms with Crippen LogP contribution in [0.25, 0.3) is 0 Å². The van der Waals surface area contributed by atoms with Gasteiger partial charge in [-0.1, -0.05) is 403 Å². The van der Waals surface area contributed by atoms with Crippen LogP contribution in [0.4, 0.5) is 0 Å². The maximum absolute atomic E-state index is 12.9. The zero-order valence-corrected chi connectivity index (χ0v) is 63.6. The standard InChI is InChI=1S/C83H158NO8P/c1-6-8-10-12-14-16-18-20-22-24-26-28-30-32-34-36-38-39-40-41-42-43-44-46-47-49-51-53-55-57-59-61-63-65-67-69-71-73-75-82(85)89-79-81(80-91-93(87,88)90-78-77-84(3,4)5)92-83(86)76-74-72-70-68-66-64-62-60-58-56-54-52-50-48-45-37-35-33-31-29-27-25-23-21-19-17-15-13-11-9-7-2/h9,11,15,17,21,23,27,29,81H,6-8,10,12-14,16,18-20,22,24-26,28,30-80H2,1-5H3/b11-9-,17-15-,23-21-,29-27-. The highest BCUT2D eigenvalue weighted by Gasteiger charge is 2.22. The predicted octanol–water partition coefficient (Wildman–Crippen LogP) is 26.5. The van der Waals surface area contributed by atoms with E-state index in [0.29, 0.717) is 17.4 Å². The van der Waals surface area contributed by atoms with Crippen LogP contribution in [0.15, 0.2) is 48.6 Å². The van der Waals surface area contributed by atoms with E-state index in [-0.39, 0.29) is 32.0 Å². The summed E-state index contributed by atoms with van der Waals surface area (Å²) < 4.78 is 34.4. The maximum atomic E-state index is 12.9. The predicted molar refractivity (Wildman–Crippen MR) is 402 cm³/mol. The summed E-state index contributed by atoms with van der Waals surface area (Å²) in [6, 6.07) is 0. The van der Waals surface area contributed by atoms with E-state index >= 15 is 0 Å². The number of hydrogen-bond acceptors (Lipinski definition) is 8. The molecule has 10 heteroatoms. The Hall–Kier alpha value is -2.03. The van der Waals surface area contributed by atoms with Crippen LogP contribution in [0.5, 0.6) is 0 Å². The summed E-state index contributed by atoms with van der Waals surface area (Å²) in [6.45, 7) is 4.21. The van der Waals surface area contributed by atoms with Crippen molar-refractivity contribution in [2.45, 2.75) is 424 Å². The SMILES string of the molecule is CC/C=C\C/C=C\C/C=C\C/C=C\CCCCCCCCCCCCCCCCCCCCC(=O)OC(COC(=O)CCCCCCCCCCCCCCCCCCCCCCCCCCCCCCCCCCCCCCCC)COP(=O)([O-])OCC[N+](C)(C)C. The molecule has 0 spiro atoms. The summed E-state index contributed by atoms with van der Waals surface area (Å²) in [4.78, 5) is 38.2. The largest absolute Gasteiger partial charge is 0.756 e. The molecule has 9 nitrogen and oxygen atoms in total. The first-order chi connectivity index (χ1) is 45.5. The summed E-state index contributed by atoms with van der Waals surface area (Å²) in [5, 5.41) is 0. The van der Waals surface area contributed by atoms with Crippen molar-refractivity contribution in [3.8, 4) is 0 Å². The molecule has 93 heavy (non-hydrogen) atoms. The van der Waals surface area contributed by atoms with E-state index < -0.39 is 26.5 Å². The molecule has 0 saturated heterocycles. The number of rotatable bonds is 77. The van der Waals surface area contributed by atoms with Gasteiger partial charge in [-0.15, -0.1) is 0 Å². The second-order valence-corrected chi connectivity index (χ2v) is 30.5. The highest BCUT2D eigenvalue weighted by molar-refractivity contribution is 7.45. The first kappa shape index (κ1) is 91.0. The van der Waals surface area contributed by atoms with E-state index in [1.807, 2.05) is 21.1 Å². The Morgan fingerprint density at radius 2 is 0.613 bits per heavy atom. The molecule has 0 radical (unpaired) electrons. The number of likely N-dealkylation sites (N-methyl/N-ethyl adjacent to an activating group) is 1. The molecule has 0 rings (SSSR count). The monoisotopic (exact) mass is 1330 g/mol. The molecule has 0 fully saturated rings. The van der Waals surface area contributed by atoms with Gasteiger partial charge in [-0.3, -0.25) is 14.2 Å². The highest BCUT2D eigenvalue weighted by atomic mass is 31.2. The van der Waals surface area contributed by atoms with Gasteiger partial charge in [0.2, 0.25) is 0 Å². The summed E-state index contributed by atoms with van der Waals surface area (Å²) in [5.74, 6) is -0.809. The molecule has 2 unspecified atom stereocenters. The van der Waals surface area contributed by atoms with Crippen LogP contribution < -0.4 is 4.89 Å². The summed E-state index contributed by atoms with van der Waals surface area (Å²) in [6.07, 6.45) is 98.3. The number of phosphoric ester groups is 1. The molecule has 0 N–H and O–H groups in total. The first-order valence-electron chi connectivity index (χ1n) is 40.8. The van der Waals surface area contributed by atoms with Gasteiger partial charge in [-0.05, 0) is 51.4 Å². The molecular formula is C83H158NO8P. The number of esters is 2. The quantitative estimate of drug-likeness (QED) is 0.0195. The molecule has 0 bridgehead atoms. The minimum absolute atomic E-state index is 0.0282. The van der Waals surface area contributed by atoms with Gasteiger partial charge in [0.15, 0.2) is 6.10 Å². The fourth-order valence-corrected chi connectivity index (χ4v) is 13.1. The Morgan fingerprint density at radius 3 is 0.914 bits per heavy atom. The first-order valence-corrected chi connectivity index (χ1v) is 42.3. The molecule has 548 valence electrons. The lowest BCUT2D eigenvalue weighted by Crippen LogP contribution is -2.37. The molecule has 0 saturated carbocycles. The van der Waals surface area contributed by atoms with Crippen LogP contribution in [0.3, 0.4) is 0 Å². The average Bonchev–Trinajstić information content (AvgIpc) is 2.02. The van der Waals surface area contributed by atoms with Crippen molar-refractivity contribution in [3.63, 3.8) is 0 Å². The smallest absolute Gasteiger partial charge is 0.306 e. The van der Waals surface area contributed by atoms with Crippen molar-refractivity contribution in [1.82, 2.24) is 0 Å². The zero-order valence-electron chi connectivity index (χ0n) is 62.7. The lowest BCUT2D eigenvalue weighted by Gasteiger charge is -2.28. The molecule has 0 amide bonds.